The first-order valence-corrected chi connectivity index (χ1v) is 20.0. The molecule has 12 nitrogen and oxygen atoms in total. The number of ether oxygens (including phenoxy) is 7. The Labute approximate surface area is 289 Å². The van der Waals surface area contributed by atoms with Gasteiger partial charge in [0.05, 0.1) is 25.4 Å². The Morgan fingerprint density at radius 1 is 1.08 bits per heavy atom. The third kappa shape index (κ3) is 12.7. The van der Waals surface area contributed by atoms with Gasteiger partial charge in [0.25, 0.3) is 0 Å². The van der Waals surface area contributed by atoms with E-state index in [1.54, 1.807) is 62.4 Å². The van der Waals surface area contributed by atoms with E-state index in [1.165, 1.54) is 14.2 Å². The molecular weight excluding hydrogens is 646 g/mol. The standard InChI is InChI=1S/C36H49N3O9Si/c1-25(23-38-39-37)17-18-29(46-34(40)26-13-10-9-11-14-26)33-30(47-36(2,3)48-33)16-12-15-27-21-28(43-5)22-31(45-24-42-4)32(27)35(41)44-19-20-49(6,7)8/h9-15,17-18,21-22,25,29-30,33H,16,19-20,23-24H2,1-8H3/t25-,29?,30-,33+/m0/s1. The molecule has 4 atom stereocenters. The molecule has 0 aliphatic carbocycles. The summed E-state index contributed by atoms with van der Waals surface area (Å²) in [6, 6.07) is 12.9. The van der Waals surface area contributed by atoms with Crippen LogP contribution in [0.4, 0.5) is 0 Å². The largest absolute Gasteiger partial charge is 0.497 e. The van der Waals surface area contributed by atoms with Crippen LogP contribution >= 0.6 is 0 Å². The lowest BCUT2D eigenvalue weighted by molar-refractivity contribution is -0.152. The van der Waals surface area contributed by atoms with Gasteiger partial charge in [-0.3, -0.25) is 0 Å². The molecule has 2 aromatic rings. The van der Waals surface area contributed by atoms with Gasteiger partial charge in [-0.25, -0.2) is 9.59 Å². The molecule has 1 aliphatic rings. The molecule has 1 fully saturated rings. The molecule has 0 aromatic heterocycles. The minimum atomic E-state index is -1.44. The maximum absolute atomic E-state index is 13.5. The third-order valence-electron chi connectivity index (χ3n) is 7.49. The molecule has 2 aromatic carbocycles. The lowest BCUT2D eigenvalue weighted by Crippen LogP contribution is -2.37. The van der Waals surface area contributed by atoms with Crippen LogP contribution in [-0.2, 0) is 23.7 Å². The number of azide groups is 1. The SMILES string of the molecule is COCOc1cc(OC)cc(C=CC[C@@H]2OC(C)(C)O[C@@H]2C(C=C[C@H](C)CN=[N+]=[N-])OC(=O)c2ccccc2)c1C(=O)OCC[Si](C)(C)C. The van der Waals surface area contributed by atoms with Gasteiger partial charge in [-0.15, -0.1) is 0 Å². The summed E-state index contributed by atoms with van der Waals surface area (Å²) in [5, 5.41) is 3.64. The van der Waals surface area contributed by atoms with Crippen molar-refractivity contribution >= 4 is 26.1 Å². The van der Waals surface area contributed by atoms with E-state index in [4.69, 9.17) is 38.7 Å². The Balaban J connectivity index is 1.94. The second kappa shape index (κ2) is 18.6. The fraction of sp³-hybridized carbons (Fsp3) is 0.500. The smallest absolute Gasteiger partial charge is 0.342 e. The summed E-state index contributed by atoms with van der Waals surface area (Å²) in [7, 11) is 1.58. The summed E-state index contributed by atoms with van der Waals surface area (Å²) in [6.07, 6.45) is 5.50. The van der Waals surface area contributed by atoms with Gasteiger partial charge in [0, 0.05) is 32.7 Å². The monoisotopic (exact) mass is 695 g/mol. The summed E-state index contributed by atoms with van der Waals surface area (Å²) in [6.45, 7) is 12.6. The Morgan fingerprint density at radius 2 is 1.82 bits per heavy atom. The first-order valence-electron chi connectivity index (χ1n) is 16.2. The molecule has 0 saturated carbocycles. The predicted molar refractivity (Wildman–Crippen MR) is 189 cm³/mol. The van der Waals surface area contributed by atoms with Crippen LogP contribution in [-0.4, -0.2) is 78.3 Å². The number of benzene rings is 2. The van der Waals surface area contributed by atoms with Crippen molar-refractivity contribution in [2.75, 3.05) is 34.2 Å². The normalized spacial score (nSPS) is 18.5. The highest BCUT2D eigenvalue weighted by Gasteiger charge is 2.45. The molecule has 1 heterocycles. The molecule has 13 heteroatoms. The van der Waals surface area contributed by atoms with Crippen LogP contribution in [0.3, 0.4) is 0 Å². The summed E-state index contributed by atoms with van der Waals surface area (Å²) in [5.74, 6) is -1.37. The van der Waals surface area contributed by atoms with Gasteiger partial charge in [0.15, 0.2) is 12.6 Å². The molecule has 0 bridgehead atoms. The number of hydrogen-bond donors (Lipinski definition) is 0. The number of carbonyl (C=O) groups excluding carboxylic acids is 2. The molecule has 0 amide bonds. The van der Waals surface area contributed by atoms with Crippen molar-refractivity contribution in [3.05, 3.63) is 87.8 Å². The quantitative estimate of drug-likeness (QED) is 0.0289. The van der Waals surface area contributed by atoms with Crippen molar-refractivity contribution in [3.63, 3.8) is 0 Å². The number of rotatable bonds is 18. The van der Waals surface area contributed by atoms with Gasteiger partial charge in [-0.1, -0.05) is 68.1 Å². The van der Waals surface area contributed by atoms with Gasteiger partial charge in [-0.05, 0) is 67.6 Å². The zero-order chi connectivity index (χ0) is 36.0. The van der Waals surface area contributed by atoms with Crippen LogP contribution in [0.2, 0.25) is 25.7 Å². The first-order chi connectivity index (χ1) is 23.3. The van der Waals surface area contributed by atoms with Crippen molar-refractivity contribution in [2.45, 2.75) is 77.0 Å². The summed E-state index contributed by atoms with van der Waals surface area (Å²) in [4.78, 5) is 29.5. The predicted octanol–water partition coefficient (Wildman–Crippen LogP) is 7.82. The van der Waals surface area contributed by atoms with Gasteiger partial charge in [0.1, 0.15) is 29.3 Å². The van der Waals surface area contributed by atoms with Crippen LogP contribution in [0.15, 0.2) is 65.8 Å². The van der Waals surface area contributed by atoms with Crippen molar-refractivity contribution in [1.82, 2.24) is 0 Å². The Kier molecular flexibility index (Phi) is 14.9. The second-order valence-corrected chi connectivity index (χ2v) is 19.0. The summed E-state index contributed by atoms with van der Waals surface area (Å²) >= 11 is 0. The molecular formula is C36H49N3O9Si. The number of methoxy groups -OCH3 is 2. The van der Waals surface area contributed by atoms with E-state index in [9.17, 15) is 9.59 Å². The Hall–Kier alpha value is -4.13. The van der Waals surface area contributed by atoms with Crippen molar-refractivity contribution in [3.8, 4) is 11.5 Å². The highest BCUT2D eigenvalue weighted by Crippen LogP contribution is 2.35. The number of esters is 2. The highest BCUT2D eigenvalue weighted by molar-refractivity contribution is 6.76. The minimum Gasteiger partial charge on any atom is -0.497 e. The van der Waals surface area contributed by atoms with Gasteiger partial charge < -0.3 is 33.2 Å². The van der Waals surface area contributed by atoms with E-state index < -0.39 is 44.1 Å². The van der Waals surface area contributed by atoms with Crippen LogP contribution in [0.5, 0.6) is 11.5 Å². The Bertz CT molecular complexity index is 1500. The van der Waals surface area contributed by atoms with E-state index in [1.807, 2.05) is 25.1 Å². The van der Waals surface area contributed by atoms with E-state index >= 15 is 0 Å². The number of carbonyl (C=O) groups is 2. The second-order valence-electron chi connectivity index (χ2n) is 13.4. The van der Waals surface area contributed by atoms with E-state index in [0.717, 1.165) is 6.04 Å². The maximum Gasteiger partial charge on any atom is 0.342 e. The lowest BCUT2D eigenvalue weighted by Gasteiger charge is -2.24. The average molecular weight is 696 g/mol. The van der Waals surface area contributed by atoms with Gasteiger partial charge in [-0.2, -0.15) is 0 Å². The Morgan fingerprint density at radius 3 is 2.47 bits per heavy atom. The zero-order valence-corrected chi connectivity index (χ0v) is 30.7. The lowest BCUT2D eigenvalue weighted by atomic mass is 10.0. The van der Waals surface area contributed by atoms with Crippen LogP contribution < -0.4 is 9.47 Å². The number of hydrogen-bond acceptors (Lipinski definition) is 10. The fourth-order valence-corrected chi connectivity index (χ4v) is 5.71. The number of nitrogens with zero attached hydrogens (tertiary/aromatic N) is 3. The van der Waals surface area contributed by atoms with Gasteiger partial charge in [0.2, 0.25) is 0 Å². The van der Waals surface area contributed by atoms with Crippen molar-refractivity contribution in [2.24, 2.45) is 11.0 Å². The molecule has 1 saturated heterocycles. The topological polar surface area (TPSA) is 148 Å². The molecule has 0 radical (unpaired) electrons. The van der Waals surface area contributed by atoms with Gasteiger partial charge >= 0.3 is 11.9 Å². The van der Waals surface area contributed by atoms with Crippen molar-refractivity contribution < 1.29 is 42.7 Å². The third-order valence-corrected chi connectivity index (χ3v) is 9.19. The summed E-state index contributed by atoms with van der Waals surface area (Å²) in [5.41, 5.74) is 9.91. The molecule has 3 rings (SSSR count). The molecule has 0 N–H and O–H groups in total. The van der Waals surface area contributed by atoms with E-state index in [-0.39, 0.29) is 30.6 Å². The molecule has 1 unspecified atom stereocenters. The first kappa shape index (κ1) is 39.3. The molecule has 0 spiro atoms. The fourth-order valence-electron chi connectivity index (χ4n) is 5.00. The molecule has 49 heavy (non-hydrogen) atoms. The summed E-state index contributed by atoms with van der Waals surface area (Å²) < 4.78 is 40.7. The average Bonchev–Trinajstić information content (AvgIpc) is 3.37. The molecule has 266 valence electrons. The van der Waals surface area contributed by atoms with Crippen LogP contribution in [0, 0.1) is 5.92 Å². The highest BCUT2D eigenvalue weighted by atomic mass is 28.3. The minimum absolute atomic E-state index is 0.0758. The van der Waals surface area contributed by atoms with Crippen LogP contribution in [0.1, 0.15) is 53.5 Å². The van der Waals surface area contributed by atoms with Crippen LogP contribution in [0.25, 0.3) is 16.5 Å². The van der Waals surface area contributed by atoms with E-state index in [2.05, 4.69) is 29.7 Å². The maximum atomic E-state index is 13.5. The molecule has 1 aliphatic heterocycles. The van der Waals surface area contributed by atoms with Crippen molar-refractivity contribution in [1.29, 1.82) is 0 Å². The van der Waals surface area contributed by atoms with E-state index in [0.29, 0.717) is 29.9 Å². The zero-order valence-electron chi connectivity index (χ0n) is 29.7.